The molecule has 1 amide bonds. The topological polar surface area (TPSA) is 62.5 Å². The van der Waals surface area contributed by atoms with E-state index >= 15 is 0 Å². The van der Waals surface area contributed by atoms with E-state index in [0.717, 1.165) is 12.8 Å². The number of nitrogens with zero attached hydrogens (tertiary/aromatic N) is 2. The molecule has 1 heterocycles. The van der Waals surface area contributed by atoms with Crippen molar-refractivity contribution in [1.29, 1.82) is 0 Å². The number of aromatic nitrogens is 1. The maximum absolute atomic E-state index is 12.3. The van der Waals surface area contributed by atoms with Crippen molar-refractivity contribution in [1.82, 2.24) is 9.47 Å². The zero-order chi connectivity index (χ0) is 14.2. The van der Waals surface area contributed by atoms with Crippen LogP contribution in [0.3, 0.4) is 0 Å². The fourth-order valence-electron chi connectivity index (χ4n) is 2.49. The van der Waals surface area contributed by atoms with Gasteiger partial charge in [0.2, 0.25) is 0 Å². The predicted octanol–water partition coefficient (Wildman–Crippen LogP) is 1.07. The van der Waals surface area contributed by atoms with Gasteiger partial charge in [-0.05, 0) is 31.7 Å². The molecule has 1 saturated carbocycles. The van der Waals surface area contributed by atoms with Crippen LogP contribution in [0.15, 0.2) is 12.3 Å². The van der Waals surface area contributed by atoms with Gasteiger partial charge in [-0.25, -0.2) is 0 Å². The van der Waals surface area contributed by atoms with Gasteiger partial charge in [-0.2, -0.15) is 0 Å². The number of carbonyl (C=O) groups is 2. The Kier molecular flexibility index (Phi) is 3.75. The SMILES string of the molecule is CC(=O)c1cc(C(=O)N(C)CC2CC(O)C2)n(C)c1. The van der Waals surface area contributed by atoms with E-state index in [1.807, 2.05) is 0 Å². The number of aliphatic hydroxyl groups is 1. The first kappa shape index (κ1) is 13.8. The normalized spacial score (nSPS) is 21.9. The van der Waals surface area contributed by atoms with E-state index in [4.69, 9.17) is 0 Å². The Morgan fingerprint density at radius 3 is 2.58 bits per heavy atom. The first-order valence-corrected chi connectivity index (χ1v) is 6.49. The maximum Gasteiger partial charge on any atom is 0.270 e. The van der Waals surface area contributed by atoms with Crippen LogP contribution in [0.5, 0.6) is 0 Å². The summed E-state index contributed by atoms with van der Waals surface area (Å²) in [7, 11) is 3.52. The van der Waals surface area contributed by atoms with E-state index < -0.39 is 0 Å². The summed E-state index contributed by atoms with van der Waals surface area (Å²) in [5.41, 5.74) is 1.07. The molecule has 0 aromatic carbocycles. The Labute approximate surface area is 112 Å². The molecule has 0 aliphatic heterocycles. The van der Waals surface area contributed by atoms with Crippen LogP contribution in [0.25, 0.3) is 0 Å². The third-order valence-electron chi connectivity index (χ3n) is 3.72. The Balaban J connectivity index is 2.04. The highest BCUT2D eigenvalue weighted by Gasteiger charge is 2.29. The molecule has 1 aliphatic carbocycles. The number of carbonyl (C=O) groups excluding carboxylic acids is 2. The van der Waals surface area contributed by atoms with E-state index in [0.29, 0.717) is 23.7 Å². The van der Waals surface area contributed by atoms with Crippen molar-refractivity contribution < 1.29 is 14.7 Å². The molecule has 0 radical (unpaired) electrons. The molecule has 0 spiro atoms. The second-order valence-corrected chi connectivity index (χ2v) is 5.46. The maximum atomic E-state index is 12.3. The summed E-state index contributed by atoms with van der Waals surface area (Å²) in [6.07, 6.45) is 3.01. The molecular weight excluding hydrogens is 244 g/mol. The fraction of sp³-hybridized carbons (Fsp3) is 0.571. The van der Waals surface area contributed by atoms with Crippen molar-refractivity contribution in [3.05, 3.63) is 23.5 Å². The molecule has 19 heavy (non-hydrogen) atoms. The van der Waals surface area contributed by atoms with Crippen molar-refractivity contribution in [3.63, 3.8) is 0 Å². The van der Waals surface area contributed by atoms with Crippen LogP contribution < -0.4 is 0 Å². The number of rotatable bonds is 4. The fourth-order valence-corrected chi connectivity index (χ4v) is 2.49. The Hall–Kier alpha value is -1.62. The van der Waals surface area contributed by atoms with E-state index in [1.165, 1.54) is 6.92 Å². The molecule has 1 aromatic rings. The molecular formula is C14H20N2O3. The number of hydrogen-bond acceptors (Lipinski definition) is 3. The van der Waals surface area contributed by atoms with Crippen molar-refractivity contribution >= 4 is 11.7 Å². The van der Waals surface area contributed by atoms with E-state index in [9.17, 15) is 14.7 Å². The van der Waals surface area contributed by atoms with Crippen LogP contribution in [-0.2, 0) is 7.05 Å². The third kappa shape index (κ3) is 2.87. The molecule has 1 aliphatic rings. The second kappa shape index (κ2) is 5.17. The van der Waals surface area contributed by atoms with E-state index in [1.54, 1.807) is 35.8 Å². The van der Waals surface area contributed by atoms with Gasteiger partial charge in [0.15, 0.2) is 5.78 Å². The van der Waals surface area contributed by atoms with E-state index in [2.05, 4.69) is 0 Å². The van der Waals surface area contributed by atoms with Gasteiger partial charge in [-0.3, -0.25) is 9.59 Å². The van der Waals surface area contributed by atoms with Crippen LogP contribution in [0.4, 0.5) is 0 Å². The lowest BCUT2D eigenvalue weighted by Crippen LogP contribution is -2.39. The average molecular weight is 264 g/mol. The Morgan fingerprint density at radius 2 is 2.11 bits per heavy atom. The van der Waals surface area contributed by atoms with Gasteiger partial charge in [0.25, 0.3) is 5.91 Å². The summed E-state index contributed by atoms with van der Waals surface area (Å²) >= 11 is 0. The molecule has 1 N–H and O–H groups in total. The number of ketones is 1. The summed E-state index contributed by atoms with van der Waals surface area (Å²) in [6, 6.07) is 1.64. The minimum Gasteiger partial charge on any atom is -0.393 e. The summed E-state index contributed by atoms with van der Waals surface area (Å²) in [6.45, 7) is 2.14. The zero-order valence-corrected chi connectivity index (χ0v) is 11.6. The summed E-state index contributed by atoms with van der Waals surface area (Å²) < 4.78 is 1.69. The zero-order valence-electron chi connectivity index (χ0n) is 11.6. The monoisotopic (exact) mass is 264 g/mol. The quantitative estimate of drug-likeness (QED) is 0.827. The van der Waals surface area contributed by atoms with Gasteiger partial charge in [0.05, 0.1) is 6.10 Å². The molecule has 0 bridgehead atoms. The molecule has 0 unspecified atom stereocenters. The molecule has 5 nitrogen and oxygen atoms in total. The van der Waals surface area contributed by atoms with Crippen molar-refractivity contribution in [2.45, 2.75) is 25.9 Å². The van der Waals surface area contributed by atoms with Crippen LogP contribution in [0.1, 0.15) is 40.6 Å². The van der Waals surface area contributed by atoms with Gasteiger partial charge in [-0.1, -0.05) is 0 Å². The Bertz CT molecular complexity index is 501. The minimum absolute atomic E-state index is 0.0422. The summed E-state index contributed by atoms with van der Waals surface area (Å²) in [4.78, 5) is 25.3. The first-order valence-electron chi connectivity index (χ1n) is 6.49. The van der Waals surface area contributed by atoms with Gasteiger partial charge < -0.3 is 14.6 Å². The highest BCUT2D eigenvalue weighted by molar-refractivity contribution is 5.99. The van der Waals surface area contributed by atoms with Gasteiger partial charge in [-0.15, -0.1) is 0 Å². The first-order chi connectivity index (χ1) is 8.88. The number of hydrogen-bond donors (Lipinski definition) is 1. The van der Waals surface area contributed by atoms with Crippen LogP contribution in [0, 0.1) is 5.92 Å². The van der Waals surface area contributed by atoms with Crippen LogP contribution in [0.2, 0.25) is 0 Å². The molecule has 1 aromatic heterocycles. The lowest BCUT2D eigenvalue weighted by molar-refractivity contribution is 0.0263. The molecule has 2 rings (SSSR count). The van der Waals surface area contributed by atoms with Gasteiger partial charge in [0, 0.05) is 32.4 Å². The highest BCUT2D eigenvalue weighted by atomic mass is 16.3. The Morgan fingerprint density at radius 1 is 1.47 bits per heavy atom. The molecule has 1 fully saturated rings. The predicted molar refractivity (Wildman–Crippen MR) is 71.1 cm³/mol. The largest absolute Gasteiger partial charge is 0.393 e. The van der Waals surface area contributed by atoms with Gasteiger partial charge >= 0.3 is 0 Å². The average Bonchev–Trinajstić information content (AvgIpc) is 2.68. The number of amides is 1. The molecule has 0 saturated heterocycles. The van der Waals surface area contributed by atoms with Crippen LogP contribution in [-0.4, -0.2) is 46.0 Å². The lowest BCUT2D eigenvalue weighted by atomic mass is 9.82. The number of Topliss-reactive ketones (excluding diaryl/α,β-unsaturated/α-hetero) is 1. The summed E-state index contributed by atoms with van der Waals surface area (Å²) in [5.74, 6) is 0.257. The number of aliphatic hydroxyl groups excluding tert-OH is 1. The molecule has 0 atom stereocenters. The van der Waals surface area contributed by atoms with Crippen molar-refractivity contribution in [2.24, 2.45) is 13.0 Å². The highest BCUT2D eigenvalue weighted by Crippen LogP contribution is 2.28. The third-order valence-corrected chi connectivity index (χ3v) is 3.72. The standard InChI is InChI=1S/C14H20N2O3/c1-9(17)11-6-13(15(2)8-11)14(19)16(3)7-10-4-12(18)5-10/h6,8,10,12,18H,4-5,7H2,1-3H3. The van der Waals surface area contributed by atoms with E-state index in [-0.39, 0.29) is 17.8 Å². The molecule has 5 heteroatoms. The van der Waals surface area contributed by atoms with Gasteiger partial charge in [0.1, 0.15) is 5.69 Å². The van der Waals surface area contributed by atoms with Crippen molar-refractivity contribution in [2.75, 3.05) is 13.6 Å². The summed E-state index contributed by atoms with van der Waals surface area (Å²) in [5, 5.41) is 9.25. The number of aryl methyl sites for hydroxylation is 1. The smallest absolute Gasteiger partial charge is 0.270 e. The molecule has 104 valence electrons. The second-order valence-electron chi connectivity index (χ2n) is 5.46. The minimum atomic E-state index is -0.201. The van der Waals surface area contributed by atoms with Crippen LogP contribution >= 0.6 is 0 Å². The lowest BCUT2D eigenvalue weighted by Gasteiger charge is -2.34. The van der Waals surface area contributed by atoms with Crippen molar-refractivity contribution in [3.8, 4) is 0 Å².